The minimum absolute atomic E-state index is 0.0782. The van der Waals surface area contributed by atoms with Crippen LogP contribution >= 0.6 is 0 Å². The highest BCUT2D eigenvalue weighted by Crippen LogP contribution is 2.04. The quantitative estimate of drug-likeness (QED) is 0.384. The van der Waals surface area contributed by atoms with Crippen molar-refractivity contribution in [2.24, 2.45) is 10.2 Å². The van der Waals surface area contributed by atoms with Gasteiger partial charge in [0.05, 0.1) is 0 Å². The van der Waals surface area contributed by atoms with Crippen LogP contribution in [0.25, 0.3) is 6.08 Å². The number of nitro groups is 1. The lowest BCUT2D eigenvalue weighted by Crippen LogP contribution is -2.27. The molecule has 2 rings (SSSR count). The average molecular weight is 309 g/mol. The molecule has 0 aromatic heterocycles. The fourth-order valence-electron chi connectivity index (χ4n) is 1.67. The van der Waals surface area contributed by atoms with Crippen LogP contribution in [-0.2, 0) is 0 Å². The first-order valence-electron chi connectivity index (χ1n) is 6.80. The molecule has 0 heterocycles. The number of para-hydroxylation sites is 1. The van der Waals surface area contributed by atoms with E-state index >= 15 is 0 Å². The molecule has 0 aliphatic rings. The van der Waals surface area contributed by atoms with E-state index in [1.807, 2.05) is 42.5 Å². The Hall–Kier alpha value is -3.48. The van der Waals surface area contributed by atoms with E-state index in [-0.39, 0.29) is 5.96 Å². The van der Waals surface area contributed by atoms with Gasteiger partial charge in [0.25, 0.3) is 5.96 Å². The minimum Gasteiger partial charge on any atom is -0.320 e. The lowest BCUT2D eigenvalue weighted by molar-refractivity contribution is -0.485. The summed E-state index contributed by atoms with van der Waals surface area (Å²) in [5, 5.41) is 19.6. The Bertz CT molecular complexity index is 712. The average Bonchev–Trinajstić information content (AvgIpc) is 2.56. The Morgan fingerprint density at radius 2 is 1.70 bits per heavy atom. The van der Waals surface area contributed by atoms with Crippen molar-refractivity contribution in [2.45, 2.75) is 0 Å². The number of nitrogens with one attached hydrogen (secondary N) is 2. The van der Waals surface area contributed by atoms with E-state index in [0.29, 0.717) is 5.69 Å². The third-order valence-corrected chi connectivity index (χ3v) is 2.64. The largest absolute Gasteiger partial charge is 0.320 e. The summed E-state index contributed by atoms with van der Waals surface area (Å²) < 4.78 is 0. The Kier molecular flexibility index (Phi) is 6.03. The number of anilines is 1. The van der Waals surface area contributed by atoms with Crippen molar-refractivity contribution < 1.29 is 5.03 Å². The van der Waals surface area contributed by atoms with Gasteiger partial charge in [-0.2, -0.15) is 5.10 Å². The number of hydrogen-bond donors (Lipinski definition) is 2. The molecule has 23 heavy (non-hydrogen) atoms. The van der Waals surface area contributed by atoms with Crippen molar-refractivity contribution in [2.75, 3.05) is 5.32 Å². The molecule has 0 atom stereocenters. The molecule has 0 saturated heterocycles. The molecule has 0 aliphatic heterocycles. The van der Waals surface area contributed by atoms with Crippen molar-refractivity contribution in [3.05, 3.63) is 82.4 Å². The molecule has 0 unspecified atom stereocenters. The van der Waals surface area contributed by atoms with Crippen molar-refractivity contribution >= 4 is 23.9 Å². The molecule has 0 aliphatic carbocycles. The summed E-state index contributed by atoms with van der Waals surface area (Å²) in [5.41, 5.74) is 4.19. The third kappa shape index (κ3) is 6.21. The second-order valence-corrected chi connectivity index (χ2v) is 4.34. The molecule has 0 bridgehead atoms. The number of nitrogens with zero attached hydrogens (tertiary/aromatic N) is 3. The second kappa shape index (κ2) is 8.73. The normalized spacial score (nSPS) is 11.7. The summed E-state index contributed by atoms with van der Waals surface area (Å²) in [6.07, 6.45) is 5.06. The van der Waals surface area contributed by atoms with Crippen LogP contribution in [0.2, 0.25) is 0 Å². The fourth-order valence-corrected chi connectivity index (χ4v) is 1.67. The molecule has 116 valence electrons. The first-order chi connectivity index (χ1) is 11.2. The minimum atomic E-state index is -0.798. The molecular formula is C16H15N5O2. The van der Waals surface area contributed by atoms with E-state index < -0.39 is 5.03 Å². The number of hydrogen-bond acceptors (Lipinski definition) is 3. The monoisotopic (exact) mass is 309 g/mol. The summed E-state index contributed by atoms with van der Waals surface area (Å²) in [4.78, 5) is 10.5. The summed E-state index contributed by atoms with van der Waals surface area (Å²) in [6.45, 7) is 0. The van der Waals surface area contributed by atoms with Crippen LogP contribution in [0.15, 0.2) is 76.9 Å². The van der Waals surface area contributed by atoms with E-state index in [4.69, 9.17) is 0 Å². The number of allylic oxidation sites excluding steroid dienone is 1. The highest BCUT2D eigenvalue weighted by atomic mass is 16.7. The molecule has 2 N–H and O–H groups in total. The number of hydrazone groups is 2. The van der Waals surface area contributed by atoms with Gasteiger partial charge >= 0.3 is 0 Å². The van der Waals surface area contributed by atoms with Crippen molar-refractivity contribution in [1.29, 1.82) is 0 Å². The summed E-state index contributed by atoms with van der Waals surface area (Å²) in [5.74, 6) is -0.0782. The first kappa shape index (κ1) is 15.9. The predicted molar refractivity (Wildman–Crippen MR) is 91.6 cm³/mol. The van der Waals surface area contributed by atoms with Crippen LogP contribution in [0.1, 0.15) is 5.56 Å². The van der Waals surface area contributed by atoms with Crippen molar-refractivity contribution in [3.8, 4) is 0 Å². The lowest BCUT2D eigenvalue weighted by atomic mass is 10.2. The standard InChI is InChI=1S/C16H15N5O2/c22-21(23)20-16(18-15-11-5-2-6-12-15)19-17-13-7-10-14-8-3-1-4-9-14/h1-13H,(H2,18,19,20)/b10-7+,17-13+. The van der Waals surface area contributed by atoms with Gasteiger partial charge in [-0.05, 0) is 23.8 Å². The van der Waals surface area contributed by atoms with Gasteiger partial charge in [0.15, 0.2) is 5.03 Å². The van der Waals surface area contributed by atoms with Gasteiger partial charge in [0.2, 0.25) is 0 Å². The molecule has 0 spiro atoms. The zero-order chi connectivity index (χ0) is 16.3. The molecule has 0 fully saturated rings. The van der Waals surface area contributed by atoms with E-state index in [1.165, 1.54) is 6.21 Å². The molecular weight excluding hydrogens is 294 g/mol. The maximum atomic E-state index is 10.5. The van der Waals surface area contributed by atoms with E-state index in [1.54, 1.807) is 30.3 Å². The number of rotatable bonds is 5. The summed E-state index contributed by atoms with van der Waals surface area (Å²) >= 11 is 0. The van der Waals surface area contributed by atoms with E-state index in [9.17, 15) is 10.1 Å². The Labute approximate surface area is 133 Å². The first-order valence-corrected chi connectivity index (χ1v) is 6.80. The van der Waals surface area contributed by atoms with Crippen molar-refractivity contribution in [3.63, 3.8) is 0 Å². The third-order valence-electron chi connectivity index (χ3n) is 2.64. The highest BCUT2D eigenvalue weighted by molar-refractivity contribution is 5.93. The molecule has 7 nitrogen and oxygen atoms in total. The molecule has 0 amide bonds. The van der Waals surface area contributed by atoms with Crippen LogP contribution in [0, 0.1) is 10.1 Å². The maximum absolute atomic E-state index is 10.5. The van der Waals surface area contributed by atoms with Gasteiger partial charge in [-0.25, -0.2) is 15.5 Å². The second-order valence-electron chi connectivity index (χ2n) is 4.34. The van der Waals surface area contributed by atoms with Crippen LogP contribution < -0.4 is 10.7 Å². The molecule has 7 heteroatoms. The van der Waals surface area contributed by atoms with Gasteiger partial charge in [-0.3, -0.25) is 0 Å². The zero-order valence-electron chi connectivity index (χ0n) is 12.2. The van der Waals surface area contributed by atoms with Crippen LogP contribution in [0.3, 0.4) is 0 Å². The van der Waals surface area contributed by atoms with Crippen LogP contribution in [0.5, 0.6) is 0 Å². The van der Waals surface area contributed by atoms with Gasteiger partial charge in [-0.15, -0.1) is 0 Å². The predicted octanol–water partition coefficient (Wildman–Crippen LogP) is 2.94. The molecule has 0 saturated carbocycles. The summed E-state index contributed by atoms with van der Waals surface area (Å²) in [7, 11) is 0. The van der Waals surface area contributed by atoms with Crippen LogP contribution in [-0.4, -0.2) is 17.2 Å². The van der Waals surface area contributed by atoms with Crippen LogP contribution in [0.4, 0.5) is 5.69 Å². The Morgan fingerprint density at radius 3 is 2.35 bits per heavy atom. The Balaban J connectivity index is 1.94. The lowest BCUT2D eigenvalue weighted by Gasteiger charge is -2.05. The highest BCUT2D eigenvalue weighted by Gasteiger charge is 2.03. The fraction of sp³-hybridized carbons (Fsp3) is 0. The van der Waals surface area contributed by atoms with Gasteiger partial charge in [-0.1, -0.05) is 54.6 Å². The number of guanidine groups is 1. The summed E-state index contributed by atoms with van der Waals surface area (Å²) in [6, 6.07) is 18.7. The number of benzene rings is 2. The SMILES string of the molecule is O=[N+]([O-])/N=C(\N/N=C/C=C/c1ccccc1)Nc1ccccc1. The molecule has 0 radical (unpaired) electrons. The van der Waals surface area contributed by atoms with Gasteiger partial charge in [0.1, 0.15) is 5.10 Å². The molecule has 2 aromatic carbocycles. The van der Waals surface area contributed by atoms with Gasteiger partial charge < -0.3 is 5.32 Å². The smallest absolute Gasteiger partial charge is 0.293 e. The Morgan fingerprint density at radius 1 is 1.04 bits per heavy atom. The molecule has 2 aromatic rings. The maximum Gasteiger partial charge on any atom is 0.293 e. The zero-order valence-corrected chi connectivity index (χ0v) is 12.2. The van der Waals surface area contributed by atoms with Crippen molar-refractivity contribution in [1.82, 2.24) is 5.43 Å². The van der Waals surface area contributed by atoms with E-state index in [2.05, 4.69) is 20.9 Å². The van der Waals surface area contributed by atoms with Gasteiger partial charge in [0, 0.05) is 11.9 Å². The van der Waals surface area contributed by atoms with E-state index in [0.717, 1.165) is 5.56 Å². The topological polar surface area (TPSA) is 91.9 Å².